The van der Waals surface area contributed by atoms with Gasteiger partial charge in [0.1, 0.15) is 0 Å². The predicted octanol–water partition coefficient (Wildman–Crippen LogP) is 5.53. The van der Waals surface area contributed by atoms with Crippen molar-refractivity contribution in [2.75, 3.05) is 24.6 Å². The summed E-state index contributed by atoms with van der Waals surface area (Å²) >= 11 is 6.36. The van der Waals surface area contributed by atoms with Crippen molar-refractivity contribution in [1.29, 1.82) is 0 Å². The van der Waals surface area contributed by atoms with Gasteiger partial charge in [0.15, 0.2) is 0 Å². The molecule has 1 heterocycles. The van der Waals surface area contributed by atoms with Gasteiger partial charge in [-0.05, 0) is 48.4 Å². The molecule has 0 radical (unpaired) electrons. The van der Waals surface area contributed by atoms with Gasteiger partial charge in [-0.1, -0.05) is 60.0 Å². The van der Waals surface area contributed by atoms with Crippen molar-refractivity contribution in [2.24, 2.45) is 0 Å². The summed E-state index contributed by atoms with van der Waals surface area (Å²) in [5, 5.41) is 8.12. The molecule has 0 N–H and O–H groups in total. The SMILES string of the molecule is C#Cc1ccc(N2CCCCN2CCc2ccccc2Cl)c2ccccc12. The van der Waals surface area contributed by atoms with Crippen molar-refractivity contribution in [2.45, 2.75) is 19.3 Å². The van der Waals surface area contributed by atoms with Crippen molar-refractivity contribution in [3.63, 3.8) is 0 Å². The summed E-state index contributed by atoms with van der Waals surface area (Å²) in [5.41, 5.74) is 3.40. The van der Waals surface area contributed by atoms with Crippen molar-refractivity contribution in [3.05, 3.63) is 76.8 Å². The number of hydrogen-bond donors (Lipinski definition) is 0. The van der Waals surface area contributed by atoms with Crippen LogP contribution in [-0.2, 0) is 6.42 Å². The summed E-state index contributed by atoms with van der Waals surface area (Å²) in [7, 11) is 0. The van der Waals surface area contributed by atoms with E-state index in [1.807, 2.05) is 12.1 Å². The summed E-state index contributed by atoms with van der Waals surface area (Å²) in [6.07, 6.45) is 9.08. The summed E-state index contributed by atoms with van der Waals surface area (Å²) in [4.78, 5) is 0. The van der Waals surface area contributed by atoms with Crippen LogP contribution in [0.1, 0.15) is 24.0 Å². The van der Waals surface area contributed by atoms with Crippen LogP contribution in [0.15, 0.2) is 60.7 Å². The highest BCUT2D eigenvalue weighted by Crippen LogP contribution is 2.32. The van der Waals surface area contributed by atoms with Crippen molar-refractivity contribution in [3.8, 4) is 12.3 Å². The minimum Gasteiger partial charge on any atom is -0.305 e. The van der Waals surface area contributed by atoms with Crippen molar-refractivity contribution < 1.29 is 0 Å². The maximum atomic E-state index is 6.36. The average molecular weight is 375 g/mol. The molecule has 0 amide bonds. The number of benzene rings is 3. The van der Waals surface area contributed by atoms with Gasteiger partial charge in [-0.3, -0.25) is 0 Å². The fourth-order valence-corrected chi connectivity index (χ4v) is 4.14. The molecular formula is C24H23ClN2. The normalized spacial score (nSPS) is 15.0. The van der Waals surface area contributed by atoms with Gasteiger partial charge in [0.2, 0.25) is 0 Å². The molecule has 1 aliphatic rings. The largest absolute Gasteiger partial charge is 0.305 e. The van der Waals surface area contributed by atoms with E-state index in [4.69, 9.17) is 18.0 Å². The molecule has 0 spiro atoms. The molecule has 2 nitrogen and oxygen atoms in total. The summed E-state index contributed by atoms with van der Waals surface area (Å²) in [6.45, 7) is 3.05. The maximum absolute atomic E-state index is 6.36. The molecule has 4 rings (SSSR count). The molecule has 3 aromatic carbocycles. The molecule has 0 saturated carbocycles. The van der Waals surface area contributed by atoms with Crippen LogP contribution >= 0.6 is 11.6 Å². The molecule has 0 unspecified atom stereocenters. The van der Waals surface area contributed by atoms with Crippen LogP contribution in [0.5, 0.6) is 0 Å². The van der Waals surface area contributed by atoms with E-state index < -0.39 is 0 Å². The van der Waals surface area contributed by atoms with Crippen LogP contribution in [0.2, 0.25) is 5.02 Å². The number of fused-ring (bicyclic) bond motifs is 1. The number of nitrogens with zero attached hydrogens (tertiary/aromatic N) is 2. The Bertz CT molecular complexity index is 989. The molecule has 1 fully saturated rings. The minimum atomic E-state index is 0.852. The second-order valence-electron chi connectivity index (χ2n) is 6.95. The summed E-state index contributed by atoms with van der Waals surface area (Å²) in [5.74, 6) is 2.82. The Hall–Kier alpha value is -2.47. The molecule has 1 saturated heterocycles. The quantitative estimate of drug-likeness (QED) is 0.553. The standard InChI is InChI=1S/C24H23ClN2/c1-2-19-13-14-24(22-11-5-4-10-21(19)22)27-17-8-7-16-26(27)18-15-20-9-3-6-12-23(20)25/h1,3-6,9-14H,7-8,15-18H2. The van der Waals surface area contributed by atoms with Crippen molar-refractivity contribution in [1.82, 2.24) is 5.01 Å². The Morgan fingerprint density at radius 3 is 2.44 bits per heavy atom. The first-order chi connectivity index (χ1) is 13.3. The van der Waals surface area contributed by atoms with Crippen LogP contribution in [0, 0.1) is 12.3 Å². The topological polar surface area (TPSA) is 6.48 Å². The van der Waals surface area contributed by atoms with Crippen LogP contribution in [-0.4, -0.2) is 24.6 Å². The van der Waals surface area contributed by atoms with Gasteiger partial charge in [0, 0.05) is 35.6 Å². The second kappa shape index (κ2) is 8.05. The van der Waals surface area contributed by atoms with E-state index in [0.29, 0.717) is 0 Å². The third-order valence-electron chi connectivity index (χ3n) is 5.31. The highest BCUT2D eigenvalue weighted by Gasteiger charge is 2.22. The van der Waals surface area contributed by atoms with Crippen LogP contribution < -0.4 is 5.01 Å². The summed E-state index contributed by atoms with van der Waals surface area (Å²) < 4.78 is 0. The molecule has 0 aliphatic carbocycles. The third-order valence-corrected chi connectivity index (χ3v) is 5.68. The van der Waals surface area contributed by atoms with Crippen LogP contribution in [0.25, 0.3) is 10.8 Å². The summed E-state index contributed by atoms with van der Waals surface area (Å²) in [6, 6.07) is 20.8. The van der Waals surface area contributed by atoms with Gasteiger partial charge < -0.3 is 5.01 Å². The molecule has 27 heavy (non-hydrogen) atoms. The fraction of sp³-hybridized carbons (Fsp3) is 0.250. The van der Waals surface area contributed by atoms with E-state index in [2.05, 4.69) is 64.5 Å². The molecule has 136 valence electrons. The zero-order valence-electron chi connectivity index (χ0n) is 15.4. The van der Waals surface area contributed by atoms with Crippen molar-refractivity contribution >= 4 is 28.1 Å². The smallest absolute Gasteiger partial charge is 0.0601 e. The predicted molar refractivity (Wildman–Crippen MR) is 115 cm³/mol. The average Bonchev–Trinajstić information content (AvgIpc) is 2.73. The first-order valence-corrected chi connectivity index (χ1v) is 9.90. The first-order valence-electron chi connectivity index (χ1n) is 9.52. The molecule has 1 aliphatic heterocycles. The van der Waals surface area contributed by atoms with E-state index in [1.165, 1.54) is 29.5 Å². The Balaban J connectivity index is 1.64. The zero-order valence-corrected chi connectivity index (χ0v) is 16.1. The lowest BCUT2D eigenvalue weighted by atomic mass is 10.0. The van der Waals surface area contributed by atoms with Gasteiger partial charge in [-0.15, -0.1) is 6.42 Å². The first kappa shape index (κ1) is 17.9. The molecular weight excluding hydrogens is 352 g/mol. The minimum absolute atomic E-state index is 0.852. The molecule has 0 atom stereocenters. The van der Waals surface area contributed by atoms with E-state index >= 15 is 0 Å². The lowest BCUT2D eigenvalue weighted by Crippen LogP contribution is -2.48. The number of hydrazine groups is 1. The fourth-order valence-electron chi connectivity index (χ4n) is 3.91. The zero-order chi connectivity index (χ0) is 18.6. The number of rotatable bonds is 4. The lowest BCUT2D eigenvalue weighted by molar-refractivity contribution is 0.215. The van der Waals surface area contributed by atoms with Gasteiger partial charge in [-0.25, -0.2) is 5.01 Å². The molecule has 0 bridgehead atoms. The number of hydrogen-bond acceptors (Lipinski definition) is 2. The number of anilines is 1. The molecule has 3 aromatic rings. The van der Waals surface area contributed by atoms with Gasteiger partial charge in [0.25, 0.3) is 0 Å². The Labute approximate surface area is 166 Å². The Morgan fingerprint density at radius 2 is 1.63 bits per heavy atom. The Morgan fingerprint density at radius 1 is 0.889 bits per heavy atom. The molecule has 0 aromatic heterocycles. The van der Waals surface area contributed by atoms with Crippen LogP contribution in [0.4, 0.5) is 5.69 Å². The third kappa shape index (κ3) is 3.67. The number of halogens is 1. The van der Waals surface area contributed by atoms with E-state index in [-0.39, 0.29) is 0 Å². The van der Waals surface area contributed by atoms with Gasteiger partial charge in [-0.2, -0.15) is 0 Å². The number of terminal acetylenes is 1. The van der Waals surface area contributed by atoms with E-state index in [0.717, 1.165) is 42.0 Å². The lowest BCUT2D eigenvalue weighted by Gasteiger charge is -2.41. The van der Waals surface area contributed by atoms with Crippen LogP contribution in [0.3, 0.4) is 0 Å². The maximum Gasteiger partial charge on any atom is 0.0601 e. The second-order valence-corrected chi connectivity index (χ2v) is 7.35. The van der Waals surface area contributed by atoms with E-state index in [1.54, 1.807) is 0 Å². The van der Waals surface area contributed by atoms with Gasteiger partial charge in [0.05, 0.1) is 5.69 Å². The Kier molecular flexibility index (Phi) is 5.34. The van der Waals surface area contributed by atoms with E-state index in [9.17, 15) is 0 Å². The highest BCUT2D eigenvalue weighted by atomic mass is 35.5. The molecule has 3 heteroatoms. The monoisotopic (exact) mass is 374 g/mol. The van der Waals surface area contributed by atoms with Gasteiger partial charge >= 0.3 is 0 Å². The highest BCUT2D eigenvalue weighted by molar-refractivity contribution is 6.31.